The number of carbonyl (C=O) groups is 1. The Hall–Kier alpha value is -1.11. The maximum atomic E-state index is 12.8. The van der Waals surface area contributed by atoms with Crippen molar-refractivity contribution >= 4 is 17.4 Å². The topological polar surface area (TPSA) is 44.8 Å². The van der Waals surface area contributed by atoms with E-state index in [1.807, 2.05) is 11.0 Å². The number of amides is 2. The van der Waals surface area contributed by atoms with Gasteiger partial charge in [-0.25, -0.2) is 4.79 Å². The van der Waals surface area contributed by atoms with Gasteiger partial charge in [-0.05, 0) is 37.3 Å². The molecule has 0 spiro atoms. The molecule has 3 rings (SSSR count). The van der Waals surface area contributed by atoms with Gasteiger partial charge in [0.25, 0.3) is 0 Å². The van der Waals surface area contributed by atoms with E-state index >= 15 is 0 Å². The minimum Gasteiger partial charge on any atom is -0.383 e. The molecule has 2 atom stereocenters. The average molecular weight is 337 g/mol. The standard InChI is InChI=1S/C17H27N3O2S/c1-22-11-10-20(13-14-5-4-12-23-14)17(21)18-15-7-9-19-8-3-2-6-16(15)19/h4-5,12,15-16H,2-3,6-11,13H2,1H3,(H,18,21). The molecule has 0 saturated carbocycles. The summed E-state index contributed by atoms with van der Waals surface area (Å²) in [5.41, 5.74) is 0. The van der Waals surface area contributed by atoms with Crippen LogP contribution in [-0.2, 0) is 11.3 Å². The molecule has 2 aliphatic rings. The van der Waals surface area contributed by atoms with Crippen molar-refractivity contribution in [2.45, 2.75) is 44.3 Å². The number of thiophene rings is 1. The van der Waals surface area contributed by atoms with Crippen LogP contribution in [0.1, 0.15) is 30.6 Å². The zero-order valence-electron chi connectivity index (χ0n) is 13.9. The lowest BCUT2D eigenvalue weighted by molar-refractivity contribution is 0.140. The first-order valence-corrected chi connectivity index (χ1v) is 9.46. The third kappa shape index (κ3) is 4.25. The van der Waals surface area contributed by atoms with Crippen molar-refractivity contribution in [2.24, 2.45) is 0 Å². The van der Waals surface area contributed by atoms with Gasteiger partial charge in [-0.1, -0.05) is 12.5 Å². The smallest absolute Gasteiger partial charge is 0.318 e. The first-order valence-electron chi connectivity index (χ1n) is 8.58. The number of hydrogen-bond acceptors (Lipinski definition) is 4. The molecule has 2 fully saturated rings. The second kappa shape index (κ2) is 8.13. The van der Waals surface area contributed by atoms with E-state index in [-0.39, 0.29) is 6.03 Å². The van der Waals surface area contributed by atoms with Gasteiger partial charge in [-0.15, -0.1) is 11.3 Å². The summed E-state index contributed by atoms with van der Waals surface area (Å²) < 4.78 is 5.17. The zero-order valence-corrected chi connectivity index (χ0v) is 14.7. The minimum atomic E-state index is 0.0490. The molecular formula is C17H27N3O2S. The SMILES string of the molecule is COCCN(Cc1cccs1)C(=O)NC1CCN2CCCCC12. The van der Waals surface area contributed by atoms with Crippen LogP contribution in [0.3, 0.4) is 0 Å². The highest BCUT2D eigenvalue weighted by atomic mass is 32.1. The molecule has 0 bridgehead atoms. The lowest BCUT2D eigenvalue weighted by Crippen LogP contribution is -2.51. The Kier molecular flexibility index (Phi) is 5.91. The number of methoxy groups -OCH3 is 1. The molecular weight excluding hydrogens is 310 g/mol. The van der Waals surface area contributed by atoms with Crippen LogP contribution in [0.4, 0.5) is 4.79 Å². The summed E-state index contributed by atoms with van der Waals surface area (Å²) in [6.07, 6.45) is 4.88. The van der Waals surface area contributed by atoms with Crippen LogP contribution in [0, 0.1) is 0 Å². The van der Waals surface area contributed by atoms with Crippen LogP contribution in [0.5, 0.6) is 0 Å². The summed E-state index contributed by atoms with van der Waals surface area (Å²) in [4.78, 5) is 18.4. The van der Waals surface area contributed by atoms with Crippen molar-refractivity contribution in [3.63, 3.8) is 0 Å². The molecule has 6 heteroatoms. The summed E-state index contributed by atoms with van der Waals surface area (Å²) in [6, 6.07) is 5.00. The van der Waals surface area contributed by atoms with E-state index in [1.165, 1.54) is 30.7 Å². The summed E-state index contributed by atoms with van der Waals surface area (Å²) in [5.74, 6) is 0. The van der Waals surface area contributed by atoms with Gasteiger partial charge in [-0.3, -0.25) is 4.90 Å². The average Bonchev–Trinajstić information content (AvgIpc) is 3.21. The molecule has 23 heavy (non-hydrogen) atoms. The van der Waals surface area contributed by atoms with Crippen molar-refractivity contribution in [1.29, 1.82) is 0 Å². The minimum absolute atomic E-state index is 0.0490. The molecule has 1 N–H and O–H groups in total. The van der Waals surface area contributed by atoms with Gasteiger partial charge in [0.2, 0.25) is 0 Å². The second-order valence-corrected chi connectivity index (χ2v) is 7.47. The Morgan fingerprint density at radius 3 is 3.13 bits per heavy atom. The van der Waals surface area contributed by atoms with Gasteiger partial charge in [0.15, 0.2) is 0 Å². The Bertz CT molecular complexity index is 494. The van der Waals surface area contributed by atoms with E-state index in [9.17, 15) is 4.79 Å². The molecule has 2 saturated heterocycles. The molecule has 0 aliphatic carbocycles. The van der Waals surface area contributed by atoms with Gasteiger partial charge in [0.1, 0.15) is 0 Å². The van der Waals surface area contributed by atoms with E-state index in [0.717, 1.165) is 13.0 Å². The fourth-order valence-electron chi connectivity index (χ4n) is 3.71. The Balaban J connectivity index is 1.58. The Labute approximate surface area is 142 Å². The number of nitrogens with zero attached hydrogens (tertiary/aromatic N) is 2. The predicted octanol–water partition coefficient (Wildman–Crippen LogP) is 2.53. The van der Waals surface area contributed by atoms with Crippen LogP contribution in [0.25, 0.3) is 0 Å². The largest absolute Gasteiger partial charge is 0.383 e. The Morgan fingerprint density at radius 2 is 2.35 bits per heavy atom. The fraction of sp³-hybridized carbons (Fsp3) is 0.706. The molecule has 5 nitrogen and oxygen atoms in total. The first-order chi connectivity index (χ1) is 11.3. The summed E-state index contributed by atoms with van der Waals surface area (Å²) in [5, 5.41) is 5.35. The number of urea groups is 1. The van der Waals surface area contributed by atoms with E-state index in [1.54, 1.807) is 18.4 Å². The highest BCUT2D eigenvalue weighted by Crippen LogP contribution is 2.27. The number of fused-ring (bicyclic) bond motifs is 1. The molecule has 1 aromatic heterocycles. The third-order valence-electron chi connectivity index (χ3n) is 4.94. The van der Waals surface area contributed by atoms with Crippen LogP contribution >= 0.6 is 11.3 Å². The molecule has 3 heterocycles. The summed E-state index contributed by atoms with van der Waals surface area (Å²) >= 11 is 1.69. The lowest BCUT2D eigenvalue weighted by Gasteiger charge is -2.33. The van der Waals surface area contributed by atoms with Crippen LogP contribution in [0.2, 0.25) is 0 Å². The number of rotatable bonds is 6. The van der Waals surface area contributed by atoms with Gasteiger partial charge >= 0.3 is 6.03 Å². The van der Waals surface area contributed by atoms with Crippen molar-refractivity contribution in [3.05, 3.63) is 22.4 Å². The Morgan fingerprint density at radius 1 is 1.43 bits per heavy atom. The highest BCUT2D eigenvalue weighted by molar-refractivity contribution is 7.09. The number of carbonyl (C=O) groups excluding carboxylic acids is 1. The highest BCUT2D eigenvalue weighted by Gasteiger charge is 2.36. The maximum absolute atomic E-state index is 12.8. The van der Waals surface area contributed by atoms with Crippen molar-refractivity contribution < 1.29 is 9.53 Å². The van der Waals surface area contributed by atoms with Crippen LogP contribution in [0.15, 0.2) is 17.5 Å². The van der Waals surface area contributed by atoms with E-state index in [2.05, 4.69) is 21.7 Å². The quantitative estimate of drug-likeness (QED) is 0.868. The number of ether oxygens (including phenoxy) is 1. The van der Waals surface area contributed by atoms with Crippen LogP contribution in [-0.4, -0.2) is 61.3 Å². The number of hydrogen-bond donors (Lipinski definition) is 1. The normalized spacial score (nSPS) is 24.4. The number of nitrogens with one attached hydrogen (secondary N) is 1. The zero-order chi connectivity index (χ0) is 16.1. The van der Waals surface area contributed by atoms with Gasteiger partial charge < -0.3 is 15.0 Å². The molecule has 2 amide bonds. The van der Waals surface area contributed by atoms with E-state index < -0.39 is 0 Å². The van der Waals surface area contributed by atoms with Gasteiger partial charge in [0, 0.05) is 37.2 Å². The fourth-order valence-corrected chi connectivity index (χ4v) is 4.43. The van der Waals surface area contributed by atoms with Gasteiger partial charge in [0.05, 0.1) is 13.2 Å². The number of piperidine rings is 1. The van der Waals surface area contributed by atoms with Gasteiger partial charge in [-0.2, -0.15) is 0 Å². The monoisotopic (exact) mass is 337 g/mol. The summed E-state index contributed by atoms with van der Waals surface area (Å²) in [7, 11) is 1.68. The third-order valence-corrected chi connectivity index (χ3v) is 5.81. The molecule has 1 aromatic rings. The summed E-state index contributed by atoms with van der Waals surface area (Å²) in [6.45, 7) is 4.17. The maximum Gasteiger partial charge on any atom is 0.318 e. The van der Waals surface area contributed by atoms with E-state index in [0.29, 0.717) is 31.8 Å². The van der Waals surface area contributed by atoms with Crippen molar-refractivity contribution in [1.82, 2.24) is 15.1 Å². The van der Waals surface area contributed by atoms with E-state index in [4.69, 9.17) is 4.74 Å². The molecule has 2 aliphatic heterocycles. The molecule has 2 unspecified atom stereocenters. The molecule has 0 aromatic carbocycles. The second-order valence-electron chi connectivity index (χ2n) is 6.44. The first kappa shape index (κ1) is 16.7. The van der Waals surface area contributed by atoms with Crippen molar-refractivity contribution in [2.75, 3.05) is 33.4 Å². The predicted molar refractivity (Wildman–Crippen MR) is 92.8 cm³/mol. The molecule has 128 valence electrons. The van der Waals surface area contributed by atoms with Crippen molar-refractivity contribution in [3.8, 4) is 0 Å². The lowest BCUT2D eigenvalue weighted by atomic mass is 9.99. The van der Waals surface area contributed by atoms with Crippen LogP contribution < -0.4 is 5.32 Å². The molecule has 0 radical (unpaired) electrons.